The molecule has 0 bridgehead atoms. The highest BCUT2D eigenvalue weighted by Gasteiger charge is 2.31. The fraction of sp³-hybridized carbons (Fsp3) is 0.227. The Morgan fingerprint density at radius 2 is 1.88 bits per heavy atom. The molecule has 172 valence electrons. The first kappa shape index (κ1) is 22.5. The van der Waals surface area contributed by atoms with Crippen molar-refractivity contribution in [3.8, 4) is 0 Å². The molecular weight excluding hydrogens is 446 g/mol. The number of hydrogen-bond acceptors (Lipinski definition) is 6. The van der Waals surface area contributed by atoms with Crippen molar-refractivity contribution in [1.29, 1.82) is 0 Å². The van der Waals surface area contributed by atoms with Crippen molar-refractivity contribution < 1.29 is 18.1 Å². The van der Waals surface area contributed by atoms with Crippen LogP contribution in [0.25, 0.3) is 0 Å². The summed E-state index contributed by atoms with van der Waals surface area (Å²) in [6, 6.07) is 16.9. The first-order valence-electron chi connectivity index (χ1n) is 10.3. The van der Waals surface area contributed by atoms with Crippen molar-refractivity contribution in [2.24, 2.45) is 5.14 Å². The van der Waals surface area contributed by atoms with E-state index >= 15 is 0 Å². The summed E-state index contributed by atoms with van der Waals surface area (Å²) in [7, 11) is -4.07. The van der Waals surface area contributed by atoms with Crippen LogP contribution in [-0.4, -0.2) is 41.8 Å². The highest BCUT2D eigenvalue weighted by molar-refractivity contribution is 7.89. The second-order valence-corrected chi connectivity index (χ2v) is 9.25. The first-order valence-corrected chi connectivity index (χ1v) is 11.8. The quantitative estimate of drug-likeness (QED) is 0.402. The summed E-state index contributed by atoms with van der Waals surface area (Å²) in [4.78, 5) is 25.3. The molecule has 1 aromatic heterocycles. The average Bonchev–Trinajstić information content (AvgIpc) is 3.27. The van der Waals surface area contributed by atoms with Gasteiger partial charge in [-0.3, -0.25) is 14.9 Å². The van der Waals surface area contributed by atoms with E-state index in [2.05, 4.69) is 9.88 Å². The molecule has 1 unspecified atom stereocenters. The molecule has 3 aromatic rings. The molecule has 4 rings (SSSR count). The van der Waals surface area contributed by atoms with Gasteiger partial charge < -0.3 is 14.8 Å². The number of nitro benzene ring substituents is 1. The third-order valence-electron chi connectivity index (χ3n) is 5.62. The van der Waals surface area contributed by atoms with Crippen LogP contribution in [0.3, 0.4) is 0 Å². The van der Waals surface area contributed by atoms with E-state index in [1.165, 1.54) is 12.1 Å². The second kappa shape index (κ2) is 9.04. The van der Waals surface area contributed by atoms with Gasteiger partial charge in [0.25, 0.3) is 5.69 Å². The number of hydrogen-bond donors (Lipinski definition) is 2. The summed E-state index contributed by atoms with van der Waals surface area (Å²) in [6.45, 7) is 1.38. The van der Waals surface area contributed by atoms with Crippen LogP contribution in [0.15, 0.2) is 71.8 Å². The lowest BCUT2D eigenvalue weighted by atomic mass is 9.99. The molecule has 11 heteroatoms. The van der Waals surface area contributed by atoms with Gasteiger partial charge in [0.1, 0.15) is 5.69 Å². The number of primary sulfonamides is 1. The molecule has 1 amide bonds. The number of carbonyl (C=O) groups is 1. The number of nitro groups is 1. The number of aromatic nitrogens is 1. The van der Waals surface area contributed by atoms with Crippen LogP contribution in [0.4, 0.5) is 11.4 Å². The van der Waals surface area contributed by atoms with Gasteiger partial charge in [0.2, 0.25) is 15.9 Å². The lowest BCUT2D eigenvalue weighted by molar-refractivity contribution is -0.384. The second-order valence-electron chi connectivity index (χ2n) is 7.68. The van der Waals surface area contributed by atoms with Gasteiger partial charge in [-0.15, -0.1) is 0 Å². The van der Waals surface area contributed by atoms with Crippen molar-refractivity contribution in [3.63, 3.8) is 0 Å². The van der Waals surface area contributed by atoms with Crippen molar-refractivity contribution in [2.45, 2.75) is 23.9 Å². The van der Waals surface area contributed by atoms with E-state index in [1.807, 2.05) is 53.6 Å². The van der Waals surface area contributed by atoms with Gasteiger partial charge in [-0.25, -0.2) is 13.6 Å². The monoisotopic (exact) mass is 469 g/mol. The van der Waals surface area contributed by atoms with Crippen LogP contribution in [0, 0.1) is 10.1 Å². The van der Waals surface area contributed by atoms with Crippen LogP contribution >= 0.6 is 0 Å². The zero-order valence-corrected chi connectivity index (χ0v) is 18.4. The smallest absolute Gasteiger partial charge is 0.293 e. The summed E-state index contributed by atoms with van der Waals surface area (Å²) in [5, 5.41) is 19.3. The molecule has 0 aliphatic carbocycles. The lowest BCUT2D eigenvalue weighted by Crippen LogP contribution is -2.42. The average molecular weight is 470 g/mol. The number of nitrogens with zero attached hydrogens (tertiary/aromatic N) is 3. The predicted octanol–water partition coefficient (Wildman–Crippen LogP) is 2.48. The van der Waals surface area contributed by atoms with E-state index in [9.17, 15) is 23.3 Å². The van der Waals surface area contributed by atoms with Gasteiger partial charge in [-0.1, -0.05) is 30.3 Å². The van der Waals surface area contributed by atoms with Gasteiger partial charge in [0.15, 0.2) is 0 Å². The third kappa shape index (κ3) is 4.73. The van der Waals surface area contributed by atoms with Gasteiger partial charge >= 0.3 is 0 Å². The number of anilines is 1. The molecule has 2 heterocycles. The molecule has 0 fully saturated rings. The zero-order chi connectivity index (χ0) is 23.6. The summed E-state index contributed by atoms with van der Waals surface area (Å²) >= 11 is 0. The van der Waals surface area contributed by atoms with E-state index in [0.717, 1.165) is 17.3 Å². The van der Waals surface area contributed by atoms with Crippen LogP contribution < -0.4 is 10.5 Å². The first-order chi connectivity index (χ1) is 15.8. The normalized spacial score (nSPS) is 15.7. The molecule has 0 saturated heterocycles. The summed E-state index contributed by atoms with van der Waals surface area (Å²) in [5.74, 6) is -0.0902. The number of nitrogens with one attached hydrogen (secondary N) is 1. The lowest BCUT2D eigenvalue weighted by Gasteiger charge is -2.37. The van der Waals surface area contributed by atoms with Crippen molar-refractivity contribution in [2.75, 3.05) is 18.4 Å². The molecule has 0 spiro atoms. The largest absolute Gasteiger partial charge is 0.379 e. The van der Waals surface area contributed by atoms with E-state index in [4.69, 9.17) is 5.14 Å². The minimum Gasteiger partial charge on any atom is -0.379 e. The van der Waals surface area contributed by atoms with Crippen molar-refractivity contribution in [3.05, 3.63) is 88.2 Å². The SMILES string of the molecule is NS(=O)(=O)c1ccc(NCCC(=O)N2CCn3cccc3C2c2ccccc2)c([N+](=O)[O-])c1. The van der Waals surface area contributed by atoms with Crippen molar-refractivity contribution in [1.82, 2.24) is 9.47 Å². The van der Waals surface area contributed by atoms with Gasteiger partial charge in [0, 0.05) is 44.0 Å². The van der Waals surface area contributed by atoms with Crippen molar-refractivity contribution >= 4 is 27.3 Å². The van der Waals surface area contributed by atoms with E-state index < -0.39 is 20.6 Å². The maximum atomic E-state index is 13.2. The Bertz CT molecular complexity index is 1290. The van der Waals surface area contributed by atoms with Crippen LogP contribution in [-0.2, 0) is 21.4 Å². The Labute approximate surface area is 190 Å². The topological polar surface area (TPSA) is 141 Å². The highest BCUT2D eigenvalue weighted by Crippen LogP contribution is 2.33. The molecule has 1 atom stereocenters. The molecular formula is C22H23N5O5S. The maximum Gasteiger partial charge on any atom is 0.293 e. The zero-order valence-electron chi connectivity index (χ0n) is 17.6. The Kier molecular flexibility index (Phi) is 6.16. The molecule has 1 aliphatic heterocycles. The van der Waals surface area contributed by atoms with Gasteiger partial charge in [-0.05, 0) is 29.8 Å². The molecule has 1 aliphatic rings. The molecule has 0 saturated carbocycles. The summed E-state index contributed by atoms with van der Waals surface area (Å²) in [5.41, 5.74) is 1.73. The standard InChI is InChI=1S/C22H23N5O5S/c23-33(31,32)17-8-9-18(20(15-17)27(29)30)24-11-10-21(28)26-14-13-25-12-4-7-19(25)22(26)16-5-2-1-3-6-16/h1-9,12,15,22,24H,10-11,13-14H2,(H2,23,31,32). The Morgan fingerprint density at radius 1 is 1.12 bits per heavy atom. The number of nitrogens with two attached hydrogens (primary N) is 1. The molecule has 3 N–H and O–H groups in total. The number of fused-ring (bicyclic) bond motifs is 1. The third-order valence-corrected chi connectivity index (χ3v) is 6.53. The Hall–Kier alpha value is -3.70. The minimum atomic E-state index is -4.07. The fourth-order valence-electron chi connectivity index (χ4n) is 4.07. The molecule has 0 radical (unpaired) electrons. The van der Waals surface area contributed by atoms with Gasteiger partial charge in [-0.2, -0.15) is 0 Å². The van der Waals surface area contributed by atoms with Gasteiger partial charge in [0.05, 0.1) is 15.9 Å². The van der Waals surface area contributed by atoms with Crippen LogP contribution in [0.5, 0.6) is 0 Å². The van der Waals surface area contributed by atoms with E-state index in [1.54, 1.807) is 0 Å². The number of rotatable bonds is 7. The molecule has 10 nitrogen and oxygen atoms in total. The summed E-state index contributed by atoms with van der Waals surface area (Å²) in [6.07, 6.45) is 2.11. The van der Waals surface area contributed by atoms with Crippen LogP contribution in [0.1, 0.15) is 23.7 Å². The van der Waals surface area contributed by atoms with Crippen LogP contribution in [0.2, 0.25) is 0 Å². The van der Waals surface area contributed by atoms with E-state index in [0.29, 0.717) is 13.1 Å². The maximum absolute atomic E-state index is 13.2. The number of amides is 1. The fourth-order valence-corrected chi connectivity index (χ4v) is 4.61. The molecule has 33 heavy (non-hydrogen) atoms. The minimum absolute atomic E-state index is 0.0902. The summed E-state index contributed by atoms with van der Waals surface area (Å²) < 4.78 is 25.1. The predicted molar refractivity (Wildman–Crippen MR) is 122 cm³/mol. The number of benzene rings is 2. The Morgan fingerprint density at radius 3 is 2.58 bits per heavy atom. The highest BCUT2D eigenvalue weighted by atomic mass is 32.2. The van der Waals surface area contributed by atoms with E-state index in [-0.39, 0.29) is 35.5 Å². The Balaban J connectivity index is 1.49. The number of carbonyl (C=O) groups excluding carboxylic acids is 1. The number of sulfonamides is 1. The molecule has 2 aromatic carbocycles.